The third-order valence-electron chi connectivity index (χ3n) is 2.79. The van der Waals surface area contributed by atoms with Gasteiger partial charge < -0.3 is 4.57 Å². The quantitative estimate of drug-likeness (QED) is 0.832. The molecule has 0 N–H and O–H groups in total. The summed E-state index contributed by atoms with van der Waals surface area (Å²) in [5, 5.41) is 8.35. The van der Waals surface area contributed by atoms with E-state index in [0.29, 0.717) is 11.8 Å². The number of nitrogens with zero attached hydrogens (tertiary/aromatic N) is 3. The molecule has 96 valence electrons. The van der Waals surface area contributed by atoms with Gasteiger partial charge in [-0.2, -0.15) is 0 Å². The summed E-state index contributed by atoms with van der Waals surface area (Å²) < 4.78 is 14.7. The molecule has 0 spiro atoms. The van der Waals surface area contributed by atoms with Crippen LogP contribution in [-0.4, -0.2) is 14.8 Å². The van der Waals surface area contributed by atoms with E-state index in [0.717, 1.165) is 30.7 Å². The molecule has 3 nitrogen and oxygen atoms in total. The maximum Gasteiger partial charge on any atom is 0.225 e. The molecule has 0 saturated carbocycles. The fourth-order valence-corrected chi connectivity index (χ4v) is 2.06. The van der Waals surface area contributed by atoms with E-state index < -0.39 is 0 Å². The van der Waals surface area contributed by atoms with Crippen molar-refractivity contribution in [3.8, 4) is 0 Å². The van der Waals surface area contributed by atoms with E-state index in [2.05, 4.69) is 17.1 Å². The van der Waals surface area contributed by atoms with E-state index in [9.17, 15) is 4.39 Å². The van der Waals surface area contributed by atoms with Crippen LogP contribution in [0.4, 0.5) is 4.39 Å². The van der Waals surface area contributed by atoms with Crippen molar-refractivity contribution in [3.05, 3.63) is 46.8 Å². The molecule has 0 radical (unpaired) electrons. The van der Waals surface area contributed by atoms with Crippen LogP contribution in [0, 0.1) is 5.82 Å². The summed E-state index contributed by atoms with van der Waals surface area (Å²) in [7, 11) is 0. The SMILES string of the molecule is CCCc1nnc(Cl)n1CCc1ccc(F)cc1. The van der Waals surface area contributed by atoms with Gasteiger partial charge in [0.25, 0.3) is 0 Å². The maximum atomic E-state index is 12.8. The zero-order chi connectivity index (χ0) is 13.0. The van der Waals surface area contributed by atoms with Crippen LogP contribution in [-0.2, 0) is 19.4 Å². The van der Waals surface area contributed by atoms with Gasteiger partial charge in [0.1, 0.15) is 11.6 Å². The van der Waals surface area contributed by atoms with Crippen molar-refractivity contribution < 1.29 is 4.39 Å². The Labute approximate surface area is 111 Å². The topological polar surface area (TPSA) is 30.7 Å². The van der Waals surface area contributed by atoms with Crippen molar-refractivity contribution in [1.29, 1.82) is 0 Å². The van der Waals surface area contributed by atoms with Crippen LogP contribution in [0.25, 0.3) is 0 Å². The van der Waals surface area contributed by atoms with Crippen molar-refractivity contribution in [1.82, 2.24) is 14.8 Å². The van der Waals surface area contributed by atoms with Gasteiger partial charge in [0.05, 0.1) is 0 Å². The molecule has 1 aromatic carbocycles. The summed E-state index contributed by atoms with van der Waals surface area (Å²) in [6.45, 7) is 2.81. The molecule has 0 aliphatic heterocycles. The number of hydrogen-bond donors (Lipinski definition) is 0. The molecule has 0 fully saturated rings. The molecule has 0 bridgehead atoms. The molecule has 5 heteroatoms. The molecule has 0 atom stereocenters. The Morgan fingerprint density at radius 3 is 2.56 bits per heavy atom. The van der Waals surface area contributed by atoms with Crippen LogP contribution in [0.1, 0.15) is 24.7 Å². The second kappa shape index (κ2) is 5.96. The van der Waals surface area contributed by atoms with Crippen molar-refractivity contribution in [2.24, 2.45) is 0 Å². The monoisotopic (exact) mass is 267 g/mol. The lowest BCUT2D eigenvalue weighted by Crippen LogP contribution is -2.06. The van der Waals surface area contributed by atoms with E-state index in [-0.39, 0.29) is 5.82 Å². The van der Waals surface area contributed by atoms with Gasteiger partial charge in [0, 0.05) is 13.0 Å². The number of hydrogen-bond acceptors (Lipinski definition) is 2. The predicted octanol–water partition coefficient (Wildman–Crippen LogP) is 3.27. The third-order valence-corrected chi connectivity index (χ3v) is 3.07. The second-order valence-corrected chi connectivity index (χ2v) is 4.50. The van der Waals surface area contributed by atoms with Crippen molar-refractivity contribution >= 4 is 11.6 Å². The molecule has 18 heavy (non-hydrogen) atoms. The van der Waals surface area contributed by atoms with E-state index in [4.69, 9.17) is 11.6 Å². The average molecular weight is 268 g/mol. The Bertz CT molecular complexity index is 507. The summed E-state index contributed by atoms with van der Waals surface area (Å²) >= 11 is 6.00. The fraction of sp³-hybridized carbons (Fsp3) is 0.385. The van der Waals surface area contributed by atoms with Crippen molar-refractivity contribution in [3.63, 3.8) is 0 Å². The summed E-state index contributed by atoms with van der Waals surface area (Å²) in [4.78, 5) is 0. The first kappa shape index (κ1) is 13.0. The molecule has 2 aromatic rings. The summed E-state index contributed by atoms with van der Waals surface area (Å²) in [5.74, 6) is 0.692. The number of aromatic nitrogens is 3. The Kier molecular flexibility index (Phi) is 4.31. The van der Waals surface area contributed by atoms with Crippen LogP contribution >= 0.6 is 11.6 Å². The second-order valence-electron chi connectivity index (χ2n) is 4.16. The first-order valence-electron chi connectivity index (χ1n) is 6.02. The van der Waals surface area contributed by atoms with Crippen LogP contribution in [0.2, 0.25) is 5.28 Å². The van der Waals surface area contributed by atoms with Gasteiger partial charge >= 0.3 is 0 Å². The number of benzene rings is 1. The highest BCUT2D eigenvalue weighted by atomic mass is 35.5. The first-order valence-corrected chi connectivity index (χ1v) is 6.40. The zero-order valence-corrected chi connectivity index (χ0v) is 11.0. The van der Waals surface area contributed by atoms with Gasteiger partial charge in [0.15, 0.2) is 0 Å². The summed E-state index contributed by atoms with van der Waals surface area (Å²) in [5.41, 5.74) is 1.07. The molecule has 0 saturated heterocycles. The molecule has 0 aliphatic carbocycles. The highest BCUT2D eigenvalue weighted by molar-refractivity contribution is 6.28. The maximum absolute atomic E-state index is 12.8. The minimum Gasteiger partial charge on any atom is -0.301 e. The van der Waals surface area contributed by atoms with Crippen LogP contribution in [0.5, 0.6) is 0 Å². The van der Waals surface area contributed by atoms with Gasteiger partial charge in [-0.1, -0.05) is 19.1 Å². The van der Waals surface area contributed by atoms with Gasteiger partial charge in [-0.05, 0) is 42.1 Å². The minimum atomic E-state index is -0.215. The number of aryl methyl sites for hydroxylation is 2. The van der Waals surface area contributed by atoms with E-state index in [1.165, 1.54) is 12.1 Å². The van der Waals surface area contributed by atoms with Gasteiger partial charge in [0.2, 0.25) is 5.28 Å². The molecule has 0 amide bonds. The molecular weight excluding hydrogens is 253 g/mol. The van der Waals surface area contributed by atoms with E-state index in [1.54, 1.807) is 12.1 Å². The van der Waals surface area contributed by atoms with Crippen LogP contribution in [0.3, 0.4) is 0 Å². The smallest absolute Gasteiger partial charge is 0.225 e. The Balaban J connectivity index is 2.05. The van der Waals surface area contributed by atoms with Crippen LogP contribution in [0.15, 0.2) is 24.3 Å². The Morgan fingerprint density at radius 2 is 1.89 bits per heavy atom. The summed E-state index contributed by atoms with van der Waals surface area (Å²) in [6.07, 6.45) is 2.66. The van der Waals surface area contributed by atoms with Crippen molar-refractivity contribution in [2.75, 3.05) is 0 Å². The normalized spacial score (nSPS) is 10.8. The lowest BCUT2D eigenvalue weighted by molar-refractivity contribution is 0.622. The largest absolute Gasteiger partial charge is 0.301 e. The highest BCUT2D eigenvalue weighted by Gasteiger charge is 2.09. The lowest BCUT2D eigenvalue weighted by Gasteiger charge is -2.07. The molecule has 0 aliphatic rings. The zero-order valence-electron chi connectivity index (χ0n) is 10.2. The molecule has 2 rings (SSSR count). The van der Waals surface area contributed by atoms with E-state index in [1.807, 2.05) is 4.57 Å². The molecular formula is C13H15ClFN3. The Morgan fingerprint density at radius 1 is 1.17 bits per heavy atom. The highest BCUT2D eigenvalue weighted by Crippen LogP contribution is 2.12. The molecule has 1 heterocycles. The number of halogens is 2. The predicted molar refractivity (Wildman–Crippen MR) is 69.1 cm³/mol. The number of rotatable bonds is 5. The van der Waals surface area contributed by atoms with Gasteiger partial charge in [-0.25, -0.2) is 4.39 Å². The lowest BCUT2D eigenvalue weighted by atomic mass is 10.1. The van der Waals surface area contributed by atoms with Gasteiger partial charge in [-0.3, -0.25) is 0 Å². The van der Waals surface area contributed by atoms with Crippen LogP contribution < -0.4 is 0 Å². The van der Waals surface area contributed by atoms with E-state index >= 15 is 0 Å². The first-order chi connectivity index (χ1) is 8.70. The van der Waals surface area contributed by atoms with Crippen molar-refractivity contribution in [2.45, 2.75) is 32.7 Å². The Hall–Kier alpha value is -1.42. The third kappa shape index (κ3) is 3.07. The molecule has 0 unspecified atom stereocenters. The minimum absolute atomic E-state index is 0.215. The summed E-state index contributed by atoms with van der Waals surface area (Å²) in [6, 6.07) is 6.51. The fourth-order valence-electron chi connectivity index (χ4n) is 1.84. The standard InChI is InChI=1S/C13H15ClFN3/c1-2-3-12-16-17-13(14)18(12)9-8-10-4-6-11(15)7-5-10/h4-7H,2-3,8-9H2,1H3. The van der Waals surface area contributed by atoms with Gasteiger partial charge in [-0.15, -0.1) is 10.2 Å². The molecule has 1 aromatic heterocycles. The average Bonchev–Trinajstić information content (AvgIpc) is 2.71.